The Bertz CT molecular complexity index is 1130. The summed E-state index contributed by atoms with van der Waals surface area (Å²) in [6.07, 6.45) is 3.32. The Kier molecular flexibility index (Phi) is 6.25. The topological polar surface area (TPSA) is 139 Å². The van der Waals surface area contributed by atoms with Gasteiger partial charge in [0.05, 0.1) is 23.7 Å². The van der Waals surface area contributed by atoms with Gasteiger partial charge in [0, 0.05) is 4.88 Å². The Labute approximate surface area is 196 Å². The molecule has 1 saturated carbocycles. The molecule has 2 atom stereocenters. The Balaban J connectivity index is 1.55. The van der Waals surface area contributed by atoms with Crippen LogP contribution in [0.5, 0.6) is 0 Å². The zero-order chi connectivity index (χ0) is 24.0. The van der Waals surface area contributed by atoms with E-state index < -0.39 is 45.7 Å². The highest BCUT2D eigenvalue weighted by Crippen LogP contribution is 2.40. The lowest BCUT2D eigenvalue weighted by Gasteiger charge is -2.36. The number of urea groups is 1. The van der Waals surface area contributed by atoms with Crippen LogP contribution in [0.1, 0.15) is 60.3 Å². The highest BCUT2D eigenvalue weighted by atomic mass is 32.2. The van der Waals surface area contributed by atoms with Crippen molar-refractivity contribution in [2.24, 2.45) is 5.92 Å². The average molecular weight is 498 g/mol. The Hall–Kier alpha value is -2.47. The maximum Gasteiger partial charge on any atom is 0.341 e. The summed E-state index contributed by atoms with van der Waals surface area (Å²) < 4.78 is 29.2. The van der Waals surface area contributed by atoms with Crippen LogP contribution in [-0.2, 0) is 36.3 Å². The number of nitrogens with zero attached hydrogens (tertiary/aromatic N) is 1. The molecule has 10 nitrogen and oxygen atoms in total. The molecule has 0 aromatic carbocycles. The summed E-state index contributed by atoms with van der Waals surface area (Å²) >= 11 is 1.01. The van der Waals surface area contributed by atoms with Crippen LogP contribution in [0.15, 0.2) is 0 Å². The van der Waals surface area contributed by atoms with Crippen LogP contribution in [0.3, 0.4) is 0 Å². The van der Waals surface area contributed by atoms with E-state index in [1.54, 1.807) is 6.92 Å². The van der Waals surface area contributed by atoms with Crippen molar-refractivity contribution >= 4 is 50.0 Å². The van der Waals surface area contributed by atoms with Crippen LogP contribution in [0.25, 0.3) is 0 Å². The van der Waals surface area contributed by atoms with Crippen LogP contribution in [0.4, 0.5) is 9.80 Å². The van der Waals surface area contributed by atoms with Crippen molar-refractivity contribution < 1.29 is 32.3 Å². The molecule has 2 aliphatic heterocycles. The van der Waals surface area contributed by atoms with Gasteiger partial charge in [0.15, 0.2) is 9.84 Å². The zero-order valence-corrected chi connectivity index (χ0v) is 20.2. The average Bonchev–Trinajstić information content (AvgIpc) is 3.19. The van der Waals surface area contributed by atoms with Gasteiger partial charge in [0.1, 0.15) is 17.1 Å². The summed E-state index contributed by atoms with van der Waals surface area (Å²) in [5.74, 6) is -2.02. The number of imide groups is 1. The SMILES string of the molecule is CCOC(=O)c1c(NC(=O)CN2C(=O)NC3(CCCCC3C)C2=O)sc2c1CCS(=O)(=O)C2. The third kappa shape index (κ3) is 4.25. The Morgan fingerprint density at radius 3 is 2.76 bits per heavy atom. The number of sulfone groups is 1. The molecular formula is C21H27N3O7S2. The number of fused-ring (bicyclic) bond motifs is 1. The van der Waals surface area contributed by atoms with E-state index in [0.29, 0.717) is 16.9 Å². The zero-order valence-electron chi connectivity index (χ0n) is 18.6. The van der Waals surface area contributed by atoms with Crippen molar-refractivity contribution in [2.45, 2.75) is 57.2 Å². The van der Waals surface area contributed by atoms with E-state index in [1.807, 2.05) is 6.92 Å². The van der Waals surface area contributed by atoms with E-state index in [4.69, 9.17) is 4.74 Å². The number of anilines is 1. The minimum atomic E-state index is -3.28. The molecule has 4 rings (SSSR count). The van der Waals surface area contributed by atoms with Crippen molar-refractivity contribution in [1.29, 1.82) is 0 Å². The number of ether oxygens (including phenoxy) is 1. The molecule has 1 aliphatic carbocycles. The fraction of sp³-hybridized carbons (Fsp3) is 0.619. The molecule has 0 bridgehead atoms. The summed E-state index contributed by atoms with van der Waals surface area (Å²) in [6, 6.07) is -0.605. The molecule has 2 unspecified atom stereocenters. The van der Waals surface area contributed by atoms with Crippen LogP contribution < -0.4 is 10.6 Å². The molecule has 3 heterocycles. The van der Waals surface area contributed by atoms with E-state index in [9.17, 15) is 27.6 Å². The molecule has 12 heteroatoms. The summed E-state index contributed by atoms with van der Waals surface area (Å²) in [5.41, 5.74) is -0.259. The minimum Gasteiger partial charge on any atom is -0.462 e. The number of amides is 4. The first kappa shape index (κ1) is 23.7. The van der Waals surface area contributed by atoms with E-state index in [-0.39, 0.29) is 41.0 Å². The van der Waals surface area contributed by atoms with Crippen LogP contribution in [0, 0.1) is 5.92 Å². The predicted molar refractivity (Wildman–Crippen MR) is 121 cm³/mol. The van der Waals surface area contributed by atoms with E-state index >= 15 is 0 Å². The second-order valence-corrected chi connectivity index (χ2v) is 12.0. The van der Waals surface area contributed by atoms with Gasteiger partial charge in [-0.05, 0) is 37.7 Å². The number of carbonyl (C=O) groups excluding carboxylic acids is 4. The van der Waals surface area contributed by atoms with Crippen molar-refractivity contribution in [1.82, 2.24) is 10.2 Å². The molecule has 180 valence electrons. The summed E-state index contributed by atoms with van der Waals surface area (Å²) in [6.45, 7) is 3.20. The number of esters is 1. The third-order valence-corrected chi connectivity index (χ3v) is 9.53. The van der Waals surface area contributed by atoms with Gasteiger partial charge in [-0.25, -0.2) is 18.0 Å². The van der Waals surface area contributed by atoms with Gasteiger partial charge in [-0.2, -0.15) is 0 Å². The highest BCUT2D eigenvalue weighted by Gasteiger charge is 2.55. The first-order valence-corrected chi connectivity index (χ1v) is 13.7. The standard InChI is InChI=1S/C21H27N3O7S2/c1-3-31-18(26)16-13-7-9-33(29,30)11-14(13)32-17(16)22-15(25)10-24-19(27)21(23-20(24)28)8-5-4-6-12(21)2/h12H,3-11H2,1-2H3,(H,22,25)(H,23,28). The maximum absolute atomic E-state index is 13.1. The maximum atomic E-state index is 13.1. The summed E-state index contributed by atoms with van der Waals surface area (Å²) in [5, 5.41) is 5.59. The minimum absolute atomic E-state index is 0.0304. The molecule has 2 fully saturated rings. The second kappa shape index (κ2) is 8.71. The van der Waals surface area contributed by atoms with E-state index in [0.717, 1.165) is 35.5 Å². The van der Waals surface area contributed by atoms with Crippen LogP contribution in [-0.4, -0.2) is 61.6 Å². The number of thiophene rings is 1. The lowest BCUT2D eigenvalue weighted by atomic mass is 9.73. The van der Waals surface area contributed by atoms with Crippen molar-refractivity contribution in [3.63, 3.8) is 0 Å². The molecule has 33 heavy (non-hydrogen) atoms. The molecular weight excluding hydrogens is 470 g/mol. The largest absolute Gasteiger partial charge is 0.462 e. The number of hydrogen-bond donors (Lipinski definition) is 2. The molecule has 4 amide bonds. The molecule has 1 spiro atoms. The lowest BCUT2D eigenvalue weighted by Crippen LogP contribution is -2.54. The van der Waals surface area contributed by atoms with Crippen LogP contribution >= 0.6 is 11.3 Å². The van der Waals surface area contributed by atoms with Gasteiger partial charge < -0.3 is 15.4 Å². The second-order valence-electron chi connectivity index (χ2n) is 8.76. The number of nitrogens with one attached hydrogen (secondary N) is 2. The highest BCUT2D eigenvalue weighted by molar-refractivity contribution is 7.90. The Morgan fingerprint density at radius 2 is 2.06 bits per heavy atom. The number of rotatable bonds is 5. The first-order chi connectivity index (χ1) is 15.6. The molecule has 3 aliphatic rings. The van der Waals surface area contributed by atoms with E-state index in [1.165, 1.54) is 0 Å². The van der Waals surface area contributed by atoms with Crippen molar-refractivity contribution in [3.8, 4) is 0 Å². The van der Waals surface area contributed by atoms with Gasteiger partial charge in [0.25, 0.3) is 5.91 Å². The molecule has 1 aromatic heterocycles. The monoisotopic (exact) mass is 497 g/mol. The molecule has 2 N–H and O–H groups in total. The normalized spacial score (nSPS) is 26.1. The fourth-order valence-electron chi connectivity index (χ4n) is 4.88. The molecule has 1 aromatic rings. The van der Waals surface area contributed by atoms with Crippen molar-refractivity contribution in [2.75, 3.05) is 24.2 Å². The van der Waals surface area contributed by atoms with Gasteiger partial charge in [-0.3, -0.25) is 14.5 Å². The quantitative estimate of drug-likeness (QED) is 0.467. The number of hydrogen-bond acceptors (Lipinski definition) is 8. The van der Waals surface area contributed by atoms with E-state index in [2.05, 4.69) is 10.6 Å². The van der Waals surface area contributed by atoms with Crippen molar-refractivity contribution in [3.05, 3.63) is 16.0 Å². The van der Waals surface area contributed by atoms with Gasteiger partial charge in [-0.1, -0.05) is 19.8 Å². The Morgan fingerprint density at radius 1 is 1.30 bits per heavy atom. The van der Waals surface area contributed by atoms with Gasteiger partial charge >= 0.3 is 12.0 Å². The first-order valence-electron chi connectivity index (χ1n) is 11.0. The van der Waals surface area contributed by atoms with Gasteiger partial charge in [-0.15, -0.1) is 11.3 Å². The summed E-state index contributed by atoms with van der Waals surface area (Å²) in [4.78, 5) is 52.5. The van der Waals surface area contributed by atoms with Crippen LogP contribution in [0.2, 0.25) is 0 Å². The fourth-order valence-corrected chi connectivity index (χ4v) is 7.93. The van der Waals surface area contributed by atoms with Gasteiger partial charge in [0.2, 0.25) is 5.91 Å². The number of carbonyl (C=O) groups is 4. The lowest BCUT2D eigenvalue weighted by molar-refractivity contribution is -0.136. The third-order valence-electron chi connectivity index (χ3n) is 6.64. The predicted octanol–water partition coefficient (Wildman–Crippen LogP) is 1.83. The molecule has 0 radical (unpaired) electrons. The molecule has 1 saturated heterocycles. The smallest absolute Gasteiger partial charge is 0.341 e. The summed E-state index contributed by atoms with van der Waals surface area (Å²) in [7, 11) is -3.28.